The Morgan fingerprint density at radius 3 is 2.45 bits per heavy atom. The van der Waals surface area contributed by atoms with Gasteiger partial charge in [0, 0.05) is 12.2 Å². The summed E-state index contributed by atoms with van der Waals surface area (Å²) in [7, 11) is 1.67. The van der Waals surface area contributed by atoms with Crippen molar-refractivity contribution >= 4 is 12.0 Å². The van der Waals surface area contributed by atoms with Crippen molar-refractivity contribution in [3.8, 4) is 11.5 Å². The second-order valence-electron chi connectivity index (χ2n) is 6.93. The Balaban J connectivity index is 1.75. The van der Waals surface area contributed by atoms with Crippen molar-refractivity contribution in [1.29, 1.82) is 0 Å². The lowest BCUT2D eigenvalue weighted by molar-refractivity contribution is -0.109. The Bertz CT molecular complexity index is 986. The van der Waals surface area contributed by atoms with Crippen LogP contribution in [0.5, 0.6) is 11.5 Å². The number of carbonyl (C=O) groups excluding carboxylic acids is 1. The molecule has 0 aliphatic carbocycles. The molecule has 0 radical (unpaired) electrons. The summed E-state index contributed by atoms with van der Waals surface area (Å²) in [6.45, 7) is 0.840. The Morgan fingerprint density at radius 1 is 1.03 bits per heavy atom. The van der Waals surface area contributed by atoms with Gasteiger partial charge in [0.1, 0.15) is 23.9 Å². The summed E-state index contributed by atoms with van der Waals surface area (Å²) < 4.78 is 24.3. The highest BCUT2D eigenvalue weighted by Gasteiger charge is 2.29. The van der Waals surface area contributed by atoms with Crippen LogP contribution in [0.3, 0.4) is 0 Å². The van der Waals surface area contributed by atoms with E-state index in [0.29, 0.717) is 5.75 Å². The van der Waals surface area contributed by atoms with Crippen molar-refractivity contribution in [1.82, 2.24) is 0 Å². The number of fused-ring (bicyclic) bond motifs is 1. The molecular formula is C24H22FNO3. The van der Waals surface area contributed by atoms with Crippen molar-refractivity contribution in [3.05, 3.63) is 89.2 Å². The van der Waals surface area contributed by atoms with E-state index in [2.05, 4.69) is 17.0 Å². The van der Waals surface area contributed by atoms with Gasteiger partial charge in [-0.2, -0.15) is 0 Å². The maximum atomic E-state index is 13.5. The summed E-state index contributed by atoms with van der Waals surface area (Å²) in [6, 6.07) is 20.5. The minimum atomic E-state index is -0.246. The van der Waals surface area contributed by atoms with Gasteiger partial charge in [0.2, 0.25) is 0 Å². The lowest BCUT2D eigenvalue weighted by atomic mass is 9.87. The van der Waals surface area contributed by atoms with Gasteiger partial charge in [-0.1, -0.05) is 18.2 Å². The Labute approximate surface area is 169 Å². The average Bonchev–Trinajstić information content (AvgIpc) is 2.77. The predicted octanol–water partition coefficient (Wildman–Crippen LogP) is 4.56. The van der Waals surface area contributed by atoms with Crippen molar-refractivity contribution in [2.45, 2.75) is 12.5 Å². The van der Waals surface area contributed by atoms with Gasteiger partial charge < -0.3 is 14.4 Å². The monoisotopic (exact) mass is 391 g/mol. The van der Waals surface area contributed by atoms with E-state index in [0.717, 1.165) is 36.3 Å². The molecule has 0 aromatic heterocycles. The molecule has 0 fully saturated rings. The second-order valence-corrected chi connectivity index (χ2v) is 6.93. The molecule has 1 unspecified atom stereocenters. The highest BCUT2D eigenvalue weighted by Crippen LogP contribution is 2.39. The second kappa shape index (κ2) is 8.35. The average molecular weight is 391 g/mol. The third kappa shape index (κ3) is 3.94. The number of halogens is 1. The largest absolute Gasteiger partial charge is 0.497 e. The van der Waals surface area contributed by atoms with Crippen LogP contribution in [0.25, 0.3) is 0 Å². The minimum Gasteiger partial charge on any atom is -0.497 e. The molecule has 3 aromatic rings. The first-order valence-corrected chi connectivity index (χ1v) is 9.55. The molecule has 4 rings (SSSR count). The smallest absolute Gasteiger partial charge is 0.157 e. The van der Waals surface area contributed by atoms with Gasteiger partial charge in [-0.3, -0.25) is 4.79 Å². The van der Waals surface area contributed by atoms with E-state index >= 15 is 0 Å². The fourth-order valence-electron chi connectivity index (χ4n) is 3.88. The topological polar surface area (TPSA) is 38.8 Å². The Morgan fingerprint density at radius 2 is 1.76 bits per heavy atom. The van der Waals surface area contributed by atoms with E-state index < -0.39 is 0 Å². The molecule has 148 valence electrons. The molecule has 3 aromatic carbocycles. The van der Waals surface area contributed by atoms with Crippen molar-refractivity contribution < 1.29 is 18.7 Å². The first-order valence-electron chi connectivity index (χ1n) is 9.55. The Kier molecular flexibility index (Phi) is 5.47. The molecule has 4 nitrogen and oxygen atoms in total. The number of ether oxygens (including phenoxy) is 2. The van der Waals surface area contributed by atoms with Crippen LogP contribution in [-0.2, 0) is 11.2 Å². The van der Waals surface area contributed by atoms with Crippen LogP contribution in [0, 0.1) is 5.82 Å². The van der Waals surface area contributed by atoms with Gasteiger partial charge in [-0.05, 0) is 71.6 Å². The van der Waals surface area contributed by atoms with E-state index in [9.17, 15) is 9.18 Å². The standard InChI is InChI=1S/C24H22FNO3/c1-28-22-10-11-23-18(16-22)12-13-26(20-6-4-19(25)5-7-20)24(23)17-2-8-21(9-3-17)29-15-14-27/h2-11,14,16,24H,12-13,15H2,1H3. The fraction of sp³-hybridized carbons (Fsp3) is 0.208. The molecule has 0 N–H and O–H groups in total. The van der Waals surface area contributed by atoms with Gasteiger partial charge in [0.15, 0.2) is 6.29 Å². The summed E-state index contributed by atoms with van der Waals surface area (Å²) >= 11 is 0. The van der Waals surface area contributed by atoms with Crippen LogP contribution < -0.4 is 14.4 Å². The first-order chi connectivity index (χ1) is 14.2. The van der Waals surface area contributed by atoms with E-state index in [1.807, 2.05) is 42.5 Å². The van der Waals surface area contributed by atoms with E-state index in [1.54, 1.807) is 7.11 Å². The van der Waals surface area contributed by atoms with Crippen LogP contribution in [0.4, 0.5) is 10.1 Å². The van der Waals surface area contributed by atoms with Gasteiger partial charge in [-0.25, -0.2) is 4.39 Å². The summed E-state index contributed by atoms with van der Waals surface area (Å²) in [5.41, 5.74) is 4.51. The Hall–Kier alpha value is -3.34. The summed E-state index contributed by atoms with van der Waals surface area (Å²) in [5.74, 6) is 1.25. The summed E-state index contributed by atoms with van der Waals surface area (Å²) in [4.78, 5) is 12.8. The summed E-state index contributed by atoms with van der Waals surface area (Å²) in [5, 5.41) is 0. The molecule has 29 heavy (non-hydrogen) atoms. The molecule has 5 heteroatoms. The zero-order chi connectivity index (χ0) is 20.2. The molecular weight excluding hydrogens is 369 g/mol. The number of carbonyl (C=O) groups is 1. The molecule has 1 heterocycles. The van der Waals surface area contributed by atoms with Gasteiger partial charge in [0.25, 0.3) is 0 Å². The molecule has 1 aliphatic heterocycles. The first kappa shape index (κ1) is 19.0. The van der Waals surface area contributed by atoms with Gasteiger partial charge in [-0.15, -0.1) is 0 Å². The van der Waals surface area contributed by atoms with Crippen LogP contribution in [0.2, 0.25) is 0 Å². The lowest BCUT2D eigenvalue weighted by Gasteiger charge is -2.39. The summed E-state index contributed by atoms with van der Waals surface area (Å²) in [6.07, 6.45) is 1.61. The molecule has 0 saturated carbocycles. The lowest BCUT2D eigenvalue weighted by Crippen LogP contribution is -2.36. The fourth-order valence-corrected chi connectivity index (χ4v) is 3.88. The van der Waals surface area contributed by atoms with Gasteiger partial charge in [0.05, 0.1) is 13.2 Å². The van der Waals surface area contributed by atoms with Crippen molar-refractivity contribution in [2.24, 2.45) is 0 Å². The van der Waals surface area contributed by atoms with Crippen LogP contribution >= 0.6 is 0 Å². The van der Waals surface area contributed by atoms with Crippen LogP contribution in [0.15, 0.2) is 66.7 Å². The van der Waals surface area contributed by atoms with Crippen LogP contribution in [0.1, 0.15) is 22.7 Å². The SMILES string of the molecule is COc1ccc2c(c1)CCN(c1ccc(F)cc1)C2c1ccc(OCC=O)cc1. The third-order valence-electron chi connectivity index (χ3n) is 5.25. The highest BCUT2D eigenvalue weighted by atomic mass is 19.1. The number of rotatable bonds is 6. The molecule has 0 amide bonds. The van der Waals surface area contributed by atoms with Gasteiger partial charge >= 0.3 is 0 Å². The molecule has 0 bridgehead atoms. The van der Waals surface area contributed by atoms with Crippen LogP contribution in [-0.4, -0.2) is 26.5 Å². The molecule has 0 saturated heterocycles. The number of hydrogen-bond acceptors (Lipinski definition) is 4. The maximum Gasteiger partial charge on any atom is 0.157 e. The number of aldehydes is 1. The minimum absolute atomic E-state index is 0.0183. The number of benzene rings is 3. The number of hydrogen-bond donors (Lipinski definition) is 0. The van der Waals surface area contributed by atoms with Crippen molar-refractivity contribution in [3.63, 3.8) is 0 Å². The van der Waals surface area contributed by atoms with E-state index in [1.165, 1.54) is 23.3 Å². The highest BCUT2D eigenvalue weighted by molar-refractivity contribution is 5.57. The predicted molar refractivity (Wildman–Crippen MR) is 110 cm³/mol. The molecule has 0 spiro atoms. The quantitative estimate of drug-likeness (QED) is 0.577. The van der Waals surface area contributed by atoms with E-state index in [-0.39, 0.29) is 18.5 Å². The van der Waals surface area contributed by atoms with Crippen molar-refractivity contribution in [2.75, 3.05) is 25.2 Å². The molecule has 1 aliphatic rings. The zero-order valence-corrected chi connectivity index (χ0v) is 16.2. The number of methoxy groups -OCH3 is 1. The normalized spacial score (nSPS) is 15.5. The maximum absolute atomic E-state index is 13.5. The number of nitrogens with zero attached hydrogens (tertiary/aromatic N) is 1. The zero-order valence-electron chi connectivity index (χ0n) is 16.2. The van der Waals surface area contributed by atoms with E-state index in [4.69, 9.17) is 9.47 Å². The number of anilines is 1. The molecule has 1 atom stereocenters. The third-order valence-corrected chi connectivity index (χ3v) is 5.25.